The number of benzene rings is 1. The molecule has 178 valence electrons. The van der Waals surface area contributed by atoms with Crippen molar-refractivity contribution in [3.63, 3.8) is 0 Å². The molecular formula is C25H26N8O2. The Kier molecular flexibility index (Phi) is 4.67. The van der Waals surface area contributed by atoms with Crippen LogP contribution in [-0.4, -0.2) is 47.1 Å². The first kappa shape index (κ1) is 21.3. The van der Waals surface area contributed by atoms with Crippen LogP contribution in [0.5, 0.6) is 0 Å². The minimum Gasteiger partial charge on any atom is -0.381 e. The Morgan fingerprint density at radius 3 is 2.80 bits per heavy atom. The van der Waals surface area contributed by atoms with Crippen LogP contribution in [0.15, 0.2) is 36.8 Å². The summed E-state index contributed by atoms with van der Waals surface area (Å²) in [7, 11) is 1.77. The molecule has 6 rings (SSSR count). The van der Waals surface area contributed by atoms with Crippen molar-refractivity contribution < 1.29 is 9.59 Å². The zero-order chi connectivity index (χ0) is 24.4. The van der Waals surface area contributed by atoms with Gasteiger partial charge in [0.05, 0.1) is 17.6 Å². The molecule has 3 aromatic heterocycles. The number of carbonyl (C=O) groups excluding carboxylic acids is 2. The Labute approximate surface area is 201 Å². The van der Waals surface area contributed by atoms with Gasteiger partial charge in [-0.2, -0.15) is 5.10 Å². The van der Waals surface area contributed by atoms with E-state index in [9.17, 15) is 9.59 Å². The minimum atomic E-state index is -0.407. The molecule has 1 fully saturated rings. The van der Waals surface area contributed by atoms with Crippen LogP contribution in [0.25, 0.3) is 16.9 Å². The minimum absolute atomic E-state index is 0.0940. The van der Waals surface area contributed by atoms with Crippen molar-refractivity contribution in [2.45, 2.75) is 39.3 Å². The third kappa shape index (κ3) is 3.52. The maximum atomic E-state index is 13.1. The van der Waals surface area contributed by atoms with Crippen LogP contribution in [0.2, 0.25) is 0 Å². The van der Waals surface area contributed by atoms with Crippen molar-refractivity contribution in [1.29, 1.82) is 0 Å². The Balaban J connectivity index is 1.36. The van der Waals surface area contributed by atoms with Gasteiger partial charge in [-0.1, -0.05) is 0 Å². The molecule has 1 aliphatic carbocycles. The molecule has 2 amide bonds. The van der Waals surface area contributed by atoms with Crippen LogP contribution < -0.4 is 11.1 Å². The number of hydrogen-bond donors (Lipinski definition) is 2. The van der Waals surface area contributed by atoms with Gasteiger partial charge in [-0.15, -0.1) is 5.10 Å². The SMILES string of the molecule is Cc1cc(-c2ccn3nc(N)c(C(=O)Nc4cnn(C)c4)c3n2)cc2c1C(=O)N(C(C)C1CC1)C2. The van der Waals surface area contributed by atoms with E-state index in [0.717, 1.165) is 22.3 Å². The quantitative estimate of drug-likeness (QED) is 0.462. The first-order valence-corrected chi connectivity index (χ1v) is 11.7. The van der Waals surface area contributed by atoms with E-state index in [2.05, 4.69) is 22.4 Å². The van der Waals surface area contributed by atoms with Gasteiger partial charge in [0, 0.05) is 43.2 Å². The summed E-state index contributed by atoms with van der Waals surface area (Å²) < 4.78 is 3.10. The predicted molar refractivity (Wildman–Crippen MR) is 131 cm³/mol. The van der Waals surface area contributed by atoms with Crippen LogP contribution in [0.1, 0.15) is 51.6 Å². The topological polar surface area (TPSA) is 123 Å². The van der Waals surface area contributed by atoms with Gasteiger partial charge in [-0.05, 0) is 61.9 Å². The fraction of sp³-hybridized carbons (Fsp3) is 0.320. The second kappa shape index (κ2) is 7.66. The molecule has 2 aliphatic rings. The highest BCUT2D eigenvalue weighted by molar-refractivity contribution is 6.11. The summed E-state index contributed by atoms with van der Waals surface area (Å²) >= 11 is 0. The zero-order valence-corrected chi connectivity index (χ0v) is 19.8. The van der Waals surface area contributed by atoms with Crippen LogP contribution in [-0.2, 0) is 13.6 Å². The molecule has 3 N–H and O–H groups in total. The Bertz CT molecular complexity index is 1510. The lowest BCUT2D eigenvalue weighted by molar-refractivity contribution is 0.0697. The summed E-state index contributed by atoms with van der Waals surface area (Å²) in [5.41, 5.74) is 11.5. The number of nitrogen functional groups attached to an aromatic ring is 1. The average molecular weight is 471 g/mol. The van der Waals surface area contributed by atoms with Crippen molar-refractivity contribution in [3.05, 3.63) is 59.0 Å². The highest BCUT2D eigenvalue weighted by atomic mass is 16.2. The van der Waals surface area contributed by atoms with Crippen LogP contribution in [0.3, 0.4) is 0 Å². The van der Waals surface area contributed by atoms with Crippen LogP contribution in [0.4, 0.5) is 11.5 Å². The number of hydrogen-bond acceptors (Lipinski definition) is 6. The number of nitrogens with two attached hydrogens (primary N) is 1. The molecule has 0 saturated heterocycles. The molecule has 1 aromatic carbocycles. The molecule has 35 heavy (non-hydrogen) atoms. The summed E-state index contributed by atoms with van der Waals surface area (Å²) in [6.07, 6.45) is 7.38. The zero-order valence-electron chi connectivity index (χ0n) is 19.8. The Hall–Kier alpha value is -4.21. The molecule has 4 aromatic rings. The number of fused-ring (bicyclic) bond motifs is 2. The van der Waals surface area contributed by atoms with E-state index in [-0.39, 0.29) is 23.3 Å². The van der Waals surface area contributed by atoms with Crippen LogP contribution >= 0.6 is 0 Å². The molecule has 10 nitrogen and oxygen atoms in total. The van der Waals surface area contributed by atoms with Gasteiger partial charge < -0.3 is 16.0 Å². The van der Waals surface area contributed by atoms with E-state index >= 15 is 0 Å². The fourth-order valence-electron chi connectivity index (χ4n) is 5.00. The van der Waals surface area contributed by atoms with Gasteiger partial charge in [-0.25, -0.2) is 9.50 Å². The summed E-state index contributed by atoms with van der Waals surface area (Å²) in [5.74, 6) is 0.414. The predicted octanol–water partition coefficient (Wildman–Crippen LogP) is 3.03. The lowest BCUT2D eigenvalue weighted by atomic mass is 9.98. The smallest absolute Gasteiger partial charge is 0.263 e. The summed E-state index contributed by atoms with van der Waals surface area (Å²) in [6, 6.07) is 6.11. The van der Waals surface area contributed by atoms with E-state index in [1.54, 1.807) is 30.3 Å². The lowest BCUT2D eigenvalue weighted by Crippen LogP contribution is -2.34. The third-order valence-electron chi connectivity index (χ3n) is 7.03. The van der Waals surface area contributed by atoms with E-state index < -0.39 is 5.91 Å². The van der Waals surface area contributed by atoms with Gasteiger partial charge in [0.1, 0.15) is 5.56 Å². The summed E-state index contributed by atoms with van der Waals surface area (Å²) in [6.45, 7) is 4.73. The van der Waals surface area contributed by atoms with Crippen molar-refractivity contribution >= 4 is 29.0 Å². The van der Waals surface area contributed by atoms with E-state index in [0.29, 0.717) is 29.5 Å². The Morgan fingerprint density at radius 1 is 1.29 bits per heavy atom. The van der Waals surface area contributed by atoms with Crippen molar-refractivity contribution in [3.8, 4) is 11.3 Å². The second-order valence-corrected chi connectivity index (χ2v) is 9.54. The number of carbonyl (C=O) groups is 2. The molecule has 4 heterocycles. The normalized spacial score (nSPS) is 16.1. The molecule has 0 spiro atoms. The first-order chi connectivity index (χ1) is 16.8. The molecule has 1 saturated carbocycles. The summed E-state index contributed by atoms with van der Waals surface area (Å²) in [4.78, 5) is 32.9. The number of aryl methyl sites for hydroxylation is 2. The molecule has 10 heteroatoms. The molecule has 1 unspecified atom stereocenters. The van der Waals surface area contributed by atoms with E-state index in [1.807, 2.05) is 30.0 Å². The van der Waals surface area contributed by atoms with Gasteiger partial charge in [0.25, 0.3) is 11.8 Å². The number of rotatable bonds is 5. The monoisotopic (exact) mass is 470 g/mol. The highest BCUT2D eigenvalue weighted by Crippen LogP contribution is 2.39. The third-order valence-corrected chi connectivity index (χ3v) is 7.03. The van der Waals surface area contributed by atoms with Gasteiger partial charge in [-0.3, -0.25) is 14.3 Å². The van der Waals surface area contributed by atoms with Crippen molar-refractivity contribution in [1.82, 2.24) is 29.3 Å². The van der Waals surface area contributed by atoms with Gasteiger partial charge in [0.2, 0.25) is 0 Å². The molecule has 0 bridgehead atoms. The van der Waals surface area contributed by atoms with E-state index in [1.165, 1.54) is 17.4 Å². The Morgan fingerprint density at radius 2 is 2.09 bits per heavy atom. The standard InChI is InChI=1S/C25H26N8O2/c1-13-8-16(9-17-11-32(25(35)20(13)17)14(2)15-4-5-15)19-6-7-33-23(29-19)21(22(26)30-33)24(34)28-18-10-27-31(3)12-18/h6-10,12,14-15H,4-5,11H2,1-3H3,(H2,26,30)(H,28,34). The number of nitrogens with one attached hydrogen (secondary N) is 1. The maximum absolute atomic E-state index is 13.1. The lowest BCUT2D eigenvalue weighted by Gasteiger charge is -2.24. The second-order valence-electron chi connectivity index (χ2n) is 9.54. The number of nitrogens with zero attached hydrogens (tertiary/aromatic N) is 6. The van der Waals surface area contributed by atoms with Crippen LogP contribution in [0, 0.1) is 12.8 Å². The molecule has 1 aliphatic heterocycles. The van der Waals surface area contributed by atoms with Gasteiger partial charge >= 0.3 is 0 Å². The van der Waals surface area contributed by atoms with Crippen molar-refractivity contribution in [2.24, 2.45) is 13.0 Å². The van der Waals surface area contributed by atoms with Crippen molar-refractivity contribution in [2.75, 3.05) is 11.1 Å². The van der Waals surface area contributed by atoms with Gasteiger partial charge in [0.15, 0.2) is 11.5 Å². The fourth-order valence-corrected chi connectivity index (χ4v) is 5.00. The highest BCUT2D eigenvalue weighted by Gasteiger charge is 2.39. The molecule has 1 atom stereocenters. The summed E-state index contributed by atoms with van der Waals surface area (Å²) in [5, 5.41) is 11.1. The largest absolute Gasteiger partial charge is 0.381 e. The average Bonchev–Trinajstić information content (AvgIpc) is 3.39. The number of amides is 2. The molecule has 0 radical (unpaired) electrons. The molecular weight excluding hydrogens is 444 g/mol. The maximum Gasteiger partial charge on any atom is 0.263 e. The number of aromatic nitrogens is 5. The van der Waals surface area contributed by atoms with E-state index in [4.69, 9.17) is 10.7 Å². The number of anilines is 2. The first-order valence-electron chi connectivity index (χ1n) is 11.7.